The number of amides is 1. The maximum atomic E-state index is 14.5. The van der Waals surface area contributed by atoms with Crippen LogP contribution in [-0.2, 0) is 9.53 Å². The lowest BCUT2D eigenvalue weighted by atomic mass is 9.66. The Morgan fingerprint density at radius 3 is 2.47 bits per heavy atom. The molecule has 3 unspecified atom stereocenters. The van der Waals surface area contributed by atoms with Crippen LogP contribution < -0.4 is 0 Å². The van der Waals surface area contributed by atoms with E-state index in [2.05, 4.69) is 13.0 Å². The number of ether oxygens (including phenoxy) is 1. The summed E-state index contributed by atoms with van der Waals surface area (Å²) >= 11 is 12.7. The predicted octanol–water partition coefficient (Wildman–Crippen LogP) is 6.15. The number of halogens is 2. The maximum absolute atomic E-state index is 14.5. The van der Waals surface area contributed by atoms with Crippen LogP contribution in [-0.4, -0.2) is 52.5 Å². The highest BCUT2D eigenvalue weighted by Gasteiger charge is 2.53. The molecule has 5 nitrogen and oxygen atoms in total. The first-order valence-electron chi connectivity index (χ1n) is 13.0. The summed E-state index contributed by atoms with van der Waals surface area (Å²) in [7, 11) is 0. The van der Waals surface area contributed by atoms with Gasteiger partial charge >= 0.3 is 0 Å². The van der Waals surface area contributed by atoms with E-state index in [0.717, 1.165) is 36.8 Å². The van der Waals surface area contributed by atoms with Crippen molar-refractivity contribution in [1.82, 2.24) is 4.90 Å². The molecule has 0 aliphatic carbocycles. The first-order chi connectivity index (χ1) is 17.3. The van der Waals surface area contributed by atoms with E-state index in [-0.39, 0.29) is 43.0 Å². The topological polar surface area (TPSA) is 70.0 Å². The highest BCUT2D eigenvalue weighted by Crippen LogP contribution is 2.53. The third-order valence-electron chi connectivity index (χ3n) is 7.91. The minimum Gasteiger partial charge on any atom is -0.394 e. The van der Waals surface area contributed by atoms with Gasteiger partial charge in [0.1, 0.15) is 0 Å². The van der Waals surface area contributed by atoms with Crippen LogP contribution in [0.2, 0.25) is 10.0 Å². The Bertz CT molecular complexity index is 1030. The van der Waals surface area contributed by atoms with Gasteiger partial charge in [-0.3, -0.25) is 4.79 Å². The summed E-state index contributed by atoms with van der Waals surface area (Å²) in [6.07, 6.45) is 3.46. The smallest absolute Gasteiger partial charge is 0.229 e. The second-order valence-electron chi connectivity index (χ2n) is 10.6. The van der Waals surface area contributed by atoms with Gasteiger partial charge in [-0.1, -0.05) is 61.3 Å². The number of likely N-dealkylation sites (tertiary alicyclic amines) is 1. The highest BCUT2D eigenvalue weighted by atomic mass is 35.5. The molecule has 0 aromatic heterocycles. The van der Waals surface area contributed by atoms with Crippen LogP contribution in [0.5, 0.6) is 0 Å². The predicted molar refractivity (Wildman–Crippen MR) is 143 cm³/mol. The number of benzene rings is 2. The van der Waals surface area contributed by atoms with E-state index >= 15 is 0 Å². The molecular formula is C29H37Cl2NO4. The summed E-state index contributed by atoms with van der Waals surface area (Å²) < 4.78 is 6.24. The number of nitrogens with zero attached hydrogens (tertiary/aromatic N) is 1. The minimum atomic E-state index is -0.973. The van der Waals surface area contributed by atoms with E-state index in [1.807, 2.05) is 54.3 Å². The number of carbonyl (C=O) groups excluding carboxylic acids is 1. The molecule has 2 heterocycles. The Morgan fingerprint density at radius 1 is 1.11 bits per heavy atom. The molecule has 7 heteroatoms. The average molecular weight is 535 g/mol. The number of aliphatic hydroxyl groups is 2. The molecule has 0 spiro atoms. The number of aliphatic hydroxyl groups excluding tert-OH is 2. The second kappa shape index (κ2) is 11.8. The molecule has 2 saturated heterocycles. The summed E-state index contributed by atoms with van der Waals surface area (Å²) in [4.78, 5) is 16.5. The van der Waals surface area contributed by atoms with E-state index in [4.69, 9.17) is 27.9 Å². The maximum Gasteiger partial charge on any atom is 0.229 e. The Labute approximate surface area is 224 Å². The molecule has 0 radical (unpaired) electrons. The molecule has 0 saturated carbocycles. The summed E-state index contributed by atoms with van der Waals surface area (Å²) in [5, 5.41) is 21.4. The fourth-order valence-corrected chi connectivity index (χ4v) is 6.55. The van der Waals surface area contributed by atoms with Gasteiger partial charge in [0.25, 0.3) is 0 Å². The van der Waals surface area contributed by atoms with Crippen LogP contribution in [0.4, 0.5) is 0 Å². The van der Waals surface area contributed by atoms with Crippen molar-refractivity contribution >= 4 is 29.1 Å². The van der Waals surface area contributed by atoms with Gasteiger partial charge in [0, 0.05) is 28.0 Å². The van der Waals surface area contributed by atoms with Gasteiger partial charge < -0.3 is 19.8 Å². The number of hydrogen-bond acceptors (Lipinski definition) is 4. The van der Waals surface area contributed by atoms with E-state index < -0.39 is 11.5 Å². The average Bonchev–Trinajstić information content (AvgIpc) is 2.88. The van der Waals surface area contributed by atoms with E-state index in [9.17, 15) is 15.0 Å². The largest absolute Gasteiger partial charge is 0.394 e. The first-order valence-corrected chi connectivity index (χ1v) is 13.8. The molecule has 2 aromatic carbocycles. The van der Waals surface area contributed by atoms with Crippen LogP contribution in [0.25, 0.3) is 0 Å². The van der Waals surface area contributed by atoms with E-state index in [1.54, 1.807) is 0 Å². The van der Waals surface area contributed by atoms with Crippen molar-refractivity contribution in [2.45, 2.75) is 82.6 Å². The summed E-state index contributed by atoms with van der Waals surface area (Å²) in [6, 6.07) is 15.2. The zero-order valence-electron chi connectivity index (χ0n) is 21.1. The fourth-order valence-electron chi connectivity index (χ4n) is 6.23. The van der Waals surface area contributed by atoms with Crippen molar-refractivity contribution in [3.05, 3.63) is 69.7 Å². The van der Waals surface area contributed by atoms with Gasteiger partial charge in [0.15, 0.2) is 0 Å². The zero-order chi connectivity index (χ0) is 25.9. The Morgan fingerprint density at radius 2 is 1.86 bits per heavy atom. The molecule has 1 amide bonds. The van der Waals surface area contributed by atoms with Crippen molar-refractivity contribution < 1.29 is 19.7 Å². The zero-order valence-corrected chi connectivity index (χ0v) is 22.6. The molecular weight excluding hydrogens is 497 g/mol. The minimum absolute atomic E-state index is 0.00532. The van der Waals surface area contributed by atoms with Crippen LogP contribution in [0.15, 0.2) is 48.5 Å². The highest BCUT2D eigenvalue weighted by molar-refractivity contribution is 6.30. The number of hydrogen-bond donors (Lipinski definition) is 2. The van der Waals surface area contributed by atoms with Crippen molar-refractivity contribution in [3.63, 3.8) is 0 Å². The van der Waals surface area contributed by atoms with E-state index in [1.165, 1.54) is 0 Å². The van der Waals surface area contributed by atoms with Crippen molar-refractivity contribution in [3.8, 4) is 0 Å². The normalized spacial score (nSPS) is 28.7. The van der Waals surface area contributed by atoms with Gasteiger partial charge in [-0.15, -0.1) is 0 Å². The third-order valence-corrected chi connectivity index (χ3v) is 8.39. The number of rotatable bonds is 8. The monoisotopic (exact) mass is 533 g/mol. The van der Waals surface area contributed by atoms with Crippen LogP contribution in [0, 0.1) is 5.41 Å². The molecule has 2 aromatic rings. The molecule has 6 atom stereocenters. The van der Waals surface area contributed by atoms with Crippen LogP contribution in [0.3, 0.4) is 0 Å². The SMILES string of the molecule is CCC(C1CCCCO1)N1C(=O)[C@@](C)(CC(O)CO)C[C@H](c2cccc(Cl)c2)[C@H]1c1ccc(Cl)cc1. The van der Waals surface area contributed by atoms with Crippen LogP contribution in [0.1, 0.15) is 75.5 Å². The lowest BCUT2D eigenvalue weighted by Gasteiger charge is -2.54. The standard InChI is InChI=1S/C29H37Cl2NO4/c1-3-25(26-9-4-5-14-36-26)32-27(19-10-12-21(30)13-11-19)24(20-7-6-8-22(31)15-20)17-29(2,28(32)35)16-23(34)18-33/h6-8,10-13,15,23-27,33-34H,3-5,9,14,16-18H2,1-2H3/t23?,24-,25?,26?,27-,29+/m1/s1. The summed E-state index contributed by atoms with van der Waals surface area (Å²) in [5.41, 5.74) is 1.20. The molecule has 4 rings (SSSR count). The Kier molecular flexibility index (Phi) is 9.00. The third kappa shape index (κ3) is 5.76. The molecule has 2 aliphatic heterocycles. The Hall–Kier alpha value is -1.63. The van der Waals surface area contributed by atoms with Gasteiger partial charge in [-0.05, 0) is 73.9 Å². The number of carbonyl (C=O) groups is 1. The van der Waals surface area contributed by atoms with Crippen molar-refractivity contribution in [2.24, 2.45) is 5.41 Å². The first kappa shape index (κ1) is 27.4. The molecule has 2 fully saturated rings. The quantitative estimate of drug-likeness (QED) is 0.427. The number of piperidine rings is 1. The lowest BCUT2D eigenvalue weighted by molar-refractivity contribution is -0.164. The molecule has 196 valence electrons. The van der Waals surface area contributed by atoms with Gasteiger partial charge in [-0.25, -0.2) is 0 Å². The van der Waals surface area contributed by atoms with Crippen LogP contribution >= 0.6 is 23.2 Å². The summed E-state index contributed by atoms with van der Waals surface area (Å²) in [5.74, 6) is -0.0784. The van der Waals surface area contributed by atoms with Crippen molar-refractivity contribution in [2.75, 3.05) is 13.2 Å². The van der Waals surface area contributed by atoms with Crippen molar-refractivity contribution in [1.29, 1.82) is 0 Å². The van der Waals surface area contributed by atoms with Gasteiger partial charge in [-0.2, -0.15) is 0 Å². The fraction of sp³-hybridized carbons (Fsp3) is 0.552. The summed E-state index contributed by atoms with van der Waals surface area (Å²) in [6.45, 7) is 4.35. The van der Waals surface area contributed by atoms with Gasteiger partial charge in [0.05, 0.1) is 30.9 Å². The second-order valence-corrected chi connectivity index (χ2v) is 11.4. The Balaban J connectivity index is 1.88. The van der Waals surface area contributed by atoms with Gasteiger partial charge in [0.2, 0.25) is 5.91 Å². The molecule has 36 heavy (non-hydrogen) atoms. The van der Waals surface area contributed by atoms with E-state index in [0.29, 0.717) is 23.1 Å². The molecule has 2 N–H and O–H groups in total. The lowest BCUT2D eigenvalue weighted by Crippen LogP contribution is -2.59. The molecule has 2 aliphatic rings. The molecule has 0 bridgehead atoms.